The molecular formula is C18H19N3. The standard InChI is InChI=1S/C18H19N3/c1-2-20-18-16(12-19)11-15-10-14(8-9-17(15)21-18)13-6-4-3-5-7-13/h3-7,11,14H,2,8-10H2,1H3,(H,20,21). The summed E-state index contributed by atoms with van der Waals surface area (Å²) in [6.45, 7) is 2.81. The van der Waals surface area contributed by atoms with E-state index in [0.29, 0.717) is 11.5 Å². The van der Waals surface area contributed by atoms with Gasteiger partial charge in [0.1, 0.15) is 11.9 Å². The summed E-state index contributed by atoms with van der Waals surface area (Å²) in [5, 5.41) is 12.5. The Morgan fingerprint density at radius 2 is 2.14 bits per heavy atom. The fourth-order valence-corrected chi connectivity index (χ4v) is 3.06. The second-order valence-corrected chi connectivity index (χ2v) is 5.48. The molecule has 3 rings (SSSR count). The number of aromatic nitrogens is 1. The van der Waals surface area contributed by atoms with Gasteiger partial charge in [0, 0.05) is 12.2 Å². The van der Waals surface area contributed by atoms with Crippen molar-refractivity contribution in [3.05, 3.63) is 58.8 Å². The average molecular weight is 277 g/mol. The van der Waals surface area contributed by atoms with Crippen LogP contribution in [0.2, 0.25) is 0 Å². The fourth-order valence-electron chi connectivity index (χ4n) is 3.06. The highest BCUT2D eigenvalue weighted by atomic mass is 15.0. The molecule has 1 N–H and O–H groups in total. The lowest BCUT2D eigenvalue weighted by Crippen LogP contribution is -2.16. The van der Waals surface area contributed by atoms with Gasteiger partial charge < -0.3 is 5.32 Å². The summed E-state index contributed by atoms with van der Waals surface area (Å²) < 4.78 is 0. The number of aryl methyl sites for hydroxylation is 1. The van der Waals surface area contributed by atoms with Gasteiger partial charge in [0.25, 0.3) is 0 Å². The van der Waals surface area contributed by atoms with Gasteiger partial charge in [-0.2, -0.15) is 5.26 Å². The number of hydrogen-bond donors (Lipinski definition) is 1. The second-order valence-electron chi connectivity index (χ2n) is 5.48. The van der Waals surface area contributed by atoms with E-state index in [4.69, 9.17) is 0 Å². The first-order valence-corrected chi connectivity index (χ1v) is 7.53. The molecule has 0 spiro atoms. The average Bonchev–Trinajstić information content (AvgIpc) is 2.55. The number of nitriles is 1. The Labute approximate surface area is 125 Å². The SMILES string of the molecule is CCNc1nc2c(cc1C#N)CC(c1ccccc1)CC2. The van der Waals surface area contributed by atoms with Crippen molar-refractivity contribution in [1.29, 1.82) is 5.26 Å². The molecule has 3 nitrogen and oxygen atoms in total. The molecule has 0 radical (unpaired) electrons. The van der Waals surface area contributed by atoms with E-state index >= 15 is 0 Å². The molecule has 1 aliphatic rings. The van der Waals surface area contributed by atoms with E-state index in [1.165, 1.54) is 11.1 Å². The van der Waals surface area contributed by atoms with Gasteiger partial charge in [-0.05, 0) is 49.3 Å². The Kier molecular flexibility index (Phi) is 3.87. The van der Waals surface area contributed by atoms with Crippen LogP contribution >= 0.6 is 0 Å². The molecular weight excluding hydrogens is 258 g/mol. The molecule has 1 unspecified atom stereocenters. The number of fused-ring (bicyclic) bond motifs is 1. The molecule has 2 aromatic rings. The summed E-state index contributed by atoms with van der Waals surface area (Å²) in [6.07, 6.45) is 3.09. The summed E-state index contributed by atoms with van der Waals surface area (Å²) in [5.74, 6) is 1.27. The zero-order valence-corrected chi connectivity index (χ0v) is 12.3. The number of anilines is 1. The normalized spacial score (nSPS) is 16.9. The highest BCUT2D eigenvalue weighted by Crippen LogP contribution is 2.33. The third-order valence-electron chi connectivity index (χ3n) is 4.12. The Morgan fingerprint density at radius 3 is 2.86 bits per heavy atom. The number of benzene rings is 1. The molecule has 1 heterocycles. The summed E-state index contributed by atoms with van der Waals surface area (Å²) >= 11 is 0. The monoisotopic (exact) mass is 277 g/mol. The van der Waals surface area contributed by atoms with Gasteiger partial charge in [-0.25, -0.2) is 4.98 Å². The Balaban J connectivity index is 1.91. The minimum Gasteiger partial charge on any atom is -0.369 e. The van der Waals surface area contributed by atoms with Crippen LogP contribution in [0.15, 0.2) is 36.4 Å². The van der Waals surface area contributed by atoms with Crippen LogP contribution in [0.25, 0.3) is 0 Å². The minimum absolute atomic E-state index is 0.539. The largest absolute Gasteiger partial charge is 0.369 e. The molecule has 1 atom stereocenters. The summed E-state index contributed by atoms with van der Waals surface area (Å²) in [5.41, 5.74) is 4.42. The number of rotatable bonds is 3. The predicted octanol–water partition coefficient (Wildman–Crippen LogP) is 3.66. The Morgan fingerprint density at radius 1 is 1.33 bits per heavy atom. The molecule has 0 fully saturated rings. The van der Waals surface area contributed by atoms with Crippen molar-refractivity contribution in [2.75, 3.05) is 11.9 Å². The Hall–Kier alpha value is -2.34. The maximum Gasteiger partial charge on any atom is 0.144 e. The molecule has 1 aliphatic carbocycles. The fraction of sp³-hybridized carbons (Fsp3) is 0.333. The molecule has 21 heavy (non-hydrogen) atoms. The molecule has 3 heteroatoms. The lowest BCUT2D eigenvalue weighted by Gasteiger charge is -2.25. The smallest absolute Gasteiger partial charge is 0.144 e. The van der Waals surface area contributed by atoms with E-state index in [1.54, 1.807) is 0 Å². The first kappa shape index (κ1) is 13.6. The molecule has 0 saturated carbocycles. The Bertz CT molecular complexity index is 671. The summed E-state index contributed by atoms with van der Waals surface area (Å²) in [6, 6.07) is 14.9. The van der Waals surface area contributed by atoms with Crippen molar-refractivity contribution >= 4 is 5.82 Å². The highest BCUT2D eigenvalue weighted by Gasteiger charge is 2.22. The third kappa shape index (κ3) is 2.75. The topological polar surface area (TPSA) is 48.7 Å². The van der Waals surface area contributed by atoms with Gasteiger partial charge in [0.2, 0.25) is 0 Å². The van der Waals surface area contributed by atoms with Gasteiger partial charge in [-0.15, -0.1) is 0 Å². The van der Waals surface area contributed by atoms with Gasteiger partial charge in [0.05, 0.1) is 5.56 Å². The second kappa shape index (κ2) is 5.97. The zero-order chi connectivity index (χ0) is 14.7. The molecule has 0 bridgehead atoms. The molecule has 0 saturated heterocycles. The quantitative estimate of drug-likeness (QED) is 0.931. The number of nitrogens with zero attached hydrogens (tertiary/aromatic N) is 2. The van der Waals surface area contributed by atoms with Gasteiger partial charge in [-0.3, -0.25) is 0 Å². The predicted molar refractivity (Wildman–Crippen MR) is 84.3 cm³/mol. The van der Waals surface area contributed by atoms with Crippen LogP contribution in [0, 0.1) is 11.3 Å². The van der Waals surface area contributed by atoms with Crippen molar-refractivity contribution in [3.63, 3.8) is 0 Å². The van der Waals surface area contributed by atoms with Gasteiger partial charge in [-0.1, -0.05) is 30.3 Å². The third-order valence-corrected chi connectivity index (χ3v) is 4.12. The maximum atomic E-state index is 9.30. The van der Waals surface area contributed by atoms with E-state index in [2.05, 4.69) is 46.7 Å². The van der Waals surface area contributed by atoms with E-state index < -0.39 is 0 Å². The number of hydrogen-bond acceptors (Lipinski definition) is 3. The molecule has 0 aliphatic heterocycles. The van der Waals surface area contributed by atoms with E-state index in [9.17, 15) is 5.26 Å². The minimum atomic E-state index is 0.539. The zero-order valence-electron chi connectivity index (χ0n) is 12.3. The highest BCUT2D eigenvalue weighted by molar-refractivity contribution is 5.55. The van der Waals surface area contributed by atoms with E-state index in [0.717, 1.165) is 37.3 Å². The van der Waals surface area contributed by atoms with Crippen LogP contribution in [0.1, 0.15) is 41.6 Å². The number of nitrogens with one attached hydrogen (secondary N) is 1. The van der Waals surface area contributed by atoms with Crippen molar-refractivity contribution in [2.24, 2.45) is 0 Å². The molecule has 106 valence electrons. The van der Waals surface area contributed by atoms with Crippen molar-refractivity contribution < 1.29 is 0 Å². The molecule has 1 aromatic heterocycles. The summed E-state index contributed by atoms with van der Waals surface area (Å²) in [4.78, 5) is 4.67. The maximum absolute atomic E-state index is 9.30. The van der Waals surface area contributed by atoms with Crippen LogP contribution in [-0.4, -0.2) is 11.5 Å². The van der Waals surface area contributed by atoms with Crippen molar-refractivity contribution in [2.45, 2.75) is 32.1 Å². The molecule has 1 aromatic carbocycles. The lowest BCUT2D eigenvalue weighted by molar-refractivity contribution is 0.574. The number of pyridine rings is 1. The van der Waals surface area contributed by atoms with Crippen LogP contribution in [0.3, 0.4) is 0 Å². The van der Waals surface area contributed by atoms with E-state index in [-0.39, 0.29) is 0 Å². The van der Waals surface area contributed by atoms with Gasteiger partial charge >= 0.3 is 0 Å². The van der Waals surface area contributed by atoms with Crippen molar-refractivity contribution in [1.82, 2.24) is 4.98 Å². The molecule has 0 amide bonds. The van der Waals surface area contributed by atoms with Crippen LogP contribution in [-0.2, 0) is 12.8 Å². The van der Waals surface area contributed by atoms with Crippen LogP contribution in [0.5, 0.6) is 0 Å². The van der Waals surface area contributed by atoms with Crippen molar-refractivity contribution in [3.8, 4) is 6.07 Å². The first-order chi connectivity index (χ1) is 10.3. The van der Waals surface area contributed by atoms with E-state index in [1.807, 2.05) is 13.0 Å². The lowest BCUT2D eigenvalue weighted by atomic mass is 9.82. The first-order valence-electron chi connectivity index (χ1n) is 7.53. The van der Waals surface area contributed by atoms with Crippen LogP contribution < -0.4 is 5.32 Å². The van der Waals surface area contributed by atoms with Gasteiger partial charge in [0.15, 0.2) is 0 Å². The van der Waals surface area contributed by atoms with Crippen LogP contribution in [0.4, 0.5) is 5.82 Å². The summed E-state index contributed by atoms with van der Waals surface area (Å²) in [7, 11) is 0.